The van der Waals surface area contributed by atoms with Crippen molar-refractivity contribution < 1.29 is 13.6 Å². The van der Waals surface area contributed by atoms with Crippen LogP contribution in [0.2, 0.25) is 0 Å². The number of nitrogens with zero attached hydrogens (tertiary/aromatic N) is 3. The number of nitrogens with one attached hydrogen (secondary N) is 1. The average Bonchev–Trinajstić information content (AvgIpc) is 3.24. The van der Waals surface area contributed by atoms with Crippen molar-refractivity contribution in [3.8, 4) is 11.1 Å². The summed E-state index contributed by atoms with van der Waals surface area (Å²) in [5, 5.41) is 0. The normalized spacial score (nSPS) is 17.8. The summed E-state index contributed by atoms with van der Waals surface area (Å²) in [5.41, 5.74) is 3.85. The van der Waals surface area contributed by atoms with Crippen molar-refractivity contribution in [2.45, 2.75) is 18.9 Å². The second-order valence-corrected chi connectivity index (χ2v) is 12.5. The van der Waals surface area contributed by atoms with Gasteiger partial charge in [0.05, 0.1) is 23.2 Å². The number of aliphatic imine (C=N–C) groups is 1. The molecule has 2 aliphatic heterocycles. The molecule has 0 radical (unpaired) electrons. The molecule has 246 valence electrons. The number of halogens is 2. The SMILES string of the molecule is CC1=Nc2c(-c3ccccc3)cc(=O)[nH]c(=O)c2C(c2ccccc2)C1C(=O)N1CCN(C(c2ccc(F)cc2)c2ccc(F)cc2)CC1. The van der Waals surface area contributed by atoms with Crippen LogP contribution in [-0.4, -0.2) is 52.6 Å². The number of rotatable bonds is 6. The molecule has 1 N–H and O–H groups in total. The lowest BCUT2D eigenvalue weighted by atomic mass is 9.75. The van der Waals surface area contributed by atoms with Gasteiger partial charge < -0.3 is 4.90 Å². The minimum atomic E-state index is -0.784. The van der Waals surface area contributed by atoms with Crippen LogP contribution in [0.1, 0.15) is 41.1 Å². The van der Waals surface area contributed by atoms with E-state index in [0.29, 0.717) is 43.1 Å². The first-order valence-electron chi connectivity index (χ1n) is 16.3. The monoisotopic (exact) mass is 656 g/mol. The van der Waals surface area contributed by atoms with Crippen LogP contribution in [-0.2, 0) is 4.79 Å². The number of fused-ring (bicyclic) bond motifs is 1. The zero-order chi connectivity index (χ0) is 34.1. The number of piperazine rings is 1. The number of benzene rings is 4. The van der Waals surface area contributed by atoms with E-state index < -0.39 is 23.0 Å². The lowest BCUT2D eigenvalue weighted by Crippen LogP contribution is -2.53. The van der Waals surface area contributed by atoms with Gasteiger partial charge in [-0.1, -0.05) is 84.9 Å². The lowest BCUT2D eigenvalue weighted by molar-refractivity contribution is -0.135. The summed E-state index contributed by atoms with van der Waals surface area (Å²) in [6.07, 6.45) is 0. The molecule has 4 aromatic carbocycles. The summed E-state index contributed by atoms with van der Waals surface area (Å²) in [4.78, 5) is 52.8. The zero-order valence-electron chi connectivity index (χ0n) is 26.9. The van der Waals surface area contributed by atoms with Crippen LogP contribution in [0.15, 0.2) is 130 Å². The van der Waals surface area contributed by atoms with Crippen LogP contribution in [0.4, 0.5) is 14.5 Å². The summed E-state index contributed by atoms with van der Waals surface area (Å²) in [6, 6.07) is 32.5. The average molecular weight is 657 g/mol. The zero-order valence-corrected chi connectivity index (χ0v) is 26.9. The van der Waals surface area contributed by atoms with Gasteiger partial charge >= 0.3 is 0 Å². The van der Waals surface area contributed by atoms with E-state index in [1.165, 1.54) is 30.3 Å². The molecule has 0 saturated carbocycles. The van der Waals surface area contributed by atoms with Crippen LogP contribution >= 0.6 is 0 Å². The fraction of sp³-hybridized carbons (Fsp3) is 0.200. The molecule has 5 aromatic rings. The Morgan fingerprint density at radius 3 is 1.90 bits per heavy atom. The predicted molar refractivity (Wildman–Crippen MR) is 186 cm³/mol. The van der Waals surface area contributed by atoms with E-state index in [4.69, 9.17) is 4.99 Å². The Labute approximate surface area is 282 Å². The van der Waals surface area contributed by atoms with Gasteiger partial charge in [0.25, 0.3) is 11.1 Å². The summed E-state index contributed by atoms with van der Waals surface area (Å²) in [6.45, 7) is 3.62. The molecule has 0 spiro atoms. The van der Waals surface area contributed by atoms with Gasteiger partial charge in [-0.15, -0.1) is 0 Å². The van der Waals surface area contributed by atoms with E-state index in [0.717, 1.165) is 22.3 Å². The van der Waals surface area contributed by atoms with E-state index in [9.17, 15) is 23.2 Å². The molecule has 9 heteroatoms. The molecule has 1 amide bonds. The molecule has 2 unspecified atom stereocenters. The fourth-order valence-electron chi connectivity index (χ4n) is 7.21. The van der Waals surface area contributed by atoms with Crippen LogP contribution in [0, 0.1) is 17.6 Å². The standard InChI is InChI=1S/C40H34F2N4O3/c1-25-34(40(49)46-22-20-45(21-23-46)38(28-12-16-30(41)17-13-28)29-14-18-31(42)19-15-29)35(27-10-6-3-7-11-27)36-37(43-25)32(24-33(47)44-39(36)48)26-8-4-2-5-9-26/h2-19,24,34-35,38H,20-23H2,1H3,(H,44,47,48). The third-order valence-electron chi connectivity index (χ3n) is 9.52. The van der Waals surface area contributed by atoms with Crippen molar-refractivity contribution in [3.05, 3.63) is 170 Å². The van der Waals surface area contributed by atoms with E-state index >= 15 is 0 Å². The number of aromatic nitrogens is 1. The maximum absolute atomic E-state index is 14.6. The summed E-state index contributed by atoms with van der Waals surface area (Å²) in [7, 11) is 0. The van der Waals surface area contributed by atoms with Gasteiger partial charge in [0.2, 0.25) is 5.91 Å². The Bertz CT molecular complexity index is 2080. The van der Waals surface area contributed by atoms with Crippen molar-refractivity contribution in [1.29, 1.82) is 0 Å². The quantitative estimate of drug-likeness (QED) is 0.227. The van der Waals surface area contributed by atoms with Crippen molar-refractivity contribution in [2.24, 2.45) is 10.9 Å². The molecule has 2 atom stereocenters. The van der Waals surface area contributed by atoms with E-state index in [2.05, 4.69) is 9.88 Å². The van der Waals surface area contributed by atoms with E-state index in [1.54, 1.807) is 24.3 Å². The molecule has 2 aliphatic rings. The first-order chi connectivity index (χ1) is 23.8. The molecule has 7 rings (SSSR count). The van der Waals surface area contributed by atoms with Crippen LogP contribution < -0.4 is 11.1 Å². The lowest BCUT2D eigenvalue weighted by Gasteiger charge is -2.42. The van der Waals surface area contributed by atoms with Crippen LogP contribution in [0.25, 0.3) is 11.1 Å². The molecule has 7 nitrogen and oxygen atoms in total. The highest BCUT2D eigenvalue weighted by atomic mass is 19.1. The molecule has 1 fully saturated rings. The van der Waals surface area contributed by atoms with Crippen LogP contribution in [0.3, 0.4) is 0 Å². The first-order valence-corrected chi connectivity index (χ1v) is 16.3. The molecular weight excluding hydrogens is 622 g/mol. The first kappa shape index (κ1) is 32.0. The number of carbonyl (C=O) groups is 1. The van der Waals surface area contributed by atoms with Gasteiger partial charge in [-0.3, -0.25) is 29.3 Å². The van der Waals surface area contributed by atoms with Crippen molar-refractivity contribution in [2.75, 3.05) is 26.2 Å². The smallest absolute Gasteiger partial charge is 0.256 e. The minimum Gasteiger partial charge on any atom is -0.340 e. The van der Waals surface area contributed by atoms with Gasteiger partial charge in [0.15, 0.2) is 0 Å². The third kappa shape index (κ3) is 6.37. The van der Waals surface area contributed by atoms with Crippen LogP contribution in [0.5, 0.6) is 0 Å². The Hall–Kier alpha value is -5.54. The van der Waals surface area contributed by atoms with Gasteiger partial charge in [0.1, 0.15) is 11.6 Å². The van der Waals surface area contributed by atoms with E-state index in [1.807, 2.05) is 72.5 Å². The Morgan fingerprint density at radius 2 is 1.33 bits per heavy atom. The van der Waals surface area contributed by atoms with Gasteiger partial charge in [-0.05, 0) is 53.4 Å². The number of amides is 1. The number of hydrogen-bond donors (Lipinski definition) is 1. The highest BCUT2D eigenvalue weighted by molar-refractivity contribution is 6.08. The topological polar surface area (TPSA) is 85.8 Å². The van der Waals surface area contributed by atoms with Gasteiger partial charge in [0, 0.05) is 49.4 Å². The number of carbonyl (C=O) groups excluding carboxylic acids is 1. The number of aromatic amines is 1. The highest BCUT2D eigenvalue weighted by Crippen LogP contribution is 2.45. The largest absolute Gasteiger partial charge is 0.340 e. The fourth-order valence-corrected chi connectivity index (χ4v) is 7.21. The second-order valence-electron chi connectivity index (χ2n) is 12.5. The van der Waals surface area contributed by atoms with Crippen molar-refractivity contribution in [1.82, 2.24) is 14.8 Å². The molecule has 1 saturated heterocycles. The summed E-state index contributed by atoms with van der Waals surface area (Å²) in [5.74, 6) is -2.32. The molecule has 49 heavy (non-hydrogen) atoms. The van der Waals surface area contributed by atoms with Gasteiger partial charge in [-0.25, -0.2) is 8.78 Å². The number of H-pyrrole nitrogens is 1. The summed E-state index contributed by atoms with van der Waals surface area (Å²) >= 11 is 0. The molecule has 0 bridgehead atoms. The number of hydrogen-bond acceptors (Lipinski definition) is 5. The second kappa shape index (κ2) is 13.5. The Morgan fingerprint density at radius 1 is 0.776 bits per heavy atom. The van der Waals surface area contributed by atoms with E-state index in [-0.39, 0.29) is 29.1 Å². The Balaban J connectivity index is 1.25. The minimum absolute atomic E-state index is 0.157. The molecular formula is C40H34F2N4O3. The molecule has 1 aromatic heterocycles. The molecule has 0 aliphatic carbocycles. The van der Waals surface area contributed by atoms with Crippen molar-refractivity contribution >= 4 is 17.3 Å². The highest BCUT2D eigenvalue weighted by Gasteiger charge is 2.42. The summed E-state index contributed by atoms with van der Waals surface area (Å²) < 4.78 is 27.7. The molecule has 3 heterocycles. The maximum Gasteiger partial charge on any atom is 0.256 e. The Kier molecular flexibility index (Phi) is 8.84. The van der Waals surface area contributed by atoms with Gasteiger partial charge in [-0.2, -0.15) is 0 Å². The third-order valence-corrected chi connectivity index (χ3v) is 9.52. The maximum atomic E-state index is 14.6. The predicted octanol–water partition coefficient (Wildman–Crippen LogP) is 6.47. The van der Waals surface area contributed by atoms with Crippen molar-refractivity contribution in [3.63, 3.8) is 0 Å².